The van der Waals surface area contributed by atoms with Crippen LogP contribution < -0.4 is 11.1 Å². The minimum atomic E-state index is -5.08. The predicted molar refractivity (Wildman–Crippen MR) is 118 cm³/mol. The highest BCUT2D eigenvalue weighted by Crippen LogP contribution is 2.31. The molecule has 1 heterocycles. The molecule has 1 aromatic heterocycles. The molecule has 2 aromatic carbocycles. The average Bonchev–Trinajstić information content (AvgIpc) is 3.27. The summed E-state index contributed by atoms with van der Waals surface area (Å²) in [6.07, 6.45) is -7.34. The number of nitrogens with two attached hydrogens (primary N) is 1. The maximum absolute atomic E-state index is 13.8. The number of aromatic nitrogens is 2. The highest BCUT2D eigenvalue weighted by Gasteiger charge is 2.38. The van der Waals surface area contributed by atoms with Crippen LogP contribution in [-0.4, -0.2) is 39.3 Å². The Kier molecular flexibility index (Phi) is 9.57. The van der Waals surface area contributed by atoms with Crippen LogP contribution in [0.2, 0.25) is 0 Å². The van der Waals surface area contributed by atoms with Gasteiger partial charge in [0, 0.05) is 5.56 Å². The largest absolute Gasteiger partial charge is 0.490 e. The van der Waals surface area contributed by atoms with Crippen molar-refractivity contribution >= 4 is 23.5 Å². The Morgan fingerprint density at radius 1 is 0.974 bits per heavy atom. The number of rotatable bonds is 7. The van der Waals surface area contributed by atoms with Crippen LogP contribution in [0.15, 0.2) is 48.7 Å². The number of aryl methyl sites for hydroxylation is 2. The van der Waals surface area contributed by atoms with Gasteiger partial charge in [0.15, 0.2) is 0 Å². The number of carboxylic acids is 1. The molecule has 38 heavy (non-hydrogen) atoms. The number of aliphatic carboxylic acids is 1. The molecule has 5 N–H and O–H groups in total. The molecule has 0 saturated carbocycles. The van der Waals surface area contributed by atoms with E-state index in [1.165, 1.54) is 6.20 Å². The fourth-order valence-corrected chi connectivity index (χ4v) is 3.07. The Hall–Kier alpha value is -4.43. The number of anilines is 1. The van der Waals surface area contributed by atoms with Crippen molar-refractivity contribution in [1.29, 1.82) is 0 Å². The average molecular weight is 548 g/mol. The summed E-state index contributed by atoms with van der Waals surface area (Å²) in [4.78, 5) is 32.5. The zero-order valence-electron chi connectivity index (χ0n) is 19.1. The summed E-state index contributed by atoms with van der Waals surface area (Å²) in [6, 6.07) is 8.83. The number of halogens is 7. The first kappa shape index (κ1) is 29.8. The zero-order valence-corrected chi connectivity index (χ0v) is 19.1. The molecule has 0 atom stereocenters. The molecule has 3 aromatic rings. The van der Waals surface area contributed by atoms with Crippen molar-refractivity contribution < 1.29 is 50.2 Å². The van der Waals surface area contributed by atoms with Gasteiger partial charge in [0.2, 0.25) is 5.91 Å². The van der Waals surface area contributed by atoms with Crippen LogP contribution in [0, 0.1) is 5.82 Å². The highest BCUT2D eigenvalue weighted by atomic mass is 19.4. The Morgan fingerprint density at radius 2 is 1.61 bits per heavy atom. The van der Waals surface area contributed by atoms with Crippen LogP contribution in [-0.2, 0) is 35.0 Å². The number of aromatic amines is 1. The van der Waals surface area contributed by atoms with E-state index >= 15 is 0 Å². The second-order valence-corrected chi connectivity index (χ2v) is 7.67. The van der Waals surface area contributed by atoms with Crippen molar-refractivity contribution in [3.8, 4) is 0 Å². The molecular formula is C23H19F7N4O4. The second kappa shape index (κ2) is 12.2. The van der Waals surface area contributed by atoms with Gasteiger partial charge in [0.1, 0.15) is 11.5 Å². The number of carbonyl (C=O) groups is 3. The first-order chi connectivity index (χ1) is 17.6. The minimum absolute atomic E-state index is 0.151. The third-order valence-corrected chi connectivity index (χ3v) is 4.81. The van der Waals surface area contributed by atoms with E-state index in [1.807, 2.05) is 6.07 Å². The van der Waals surface area contributed by atoms with E-state index in [2.05, 4.69) is 15.5 Å². The summed E-state index contributed by atoms with van der Waals surface area (Å²) in [5, 5.41) is 15.7. The highest BCUT2D eigenvalue weighted by molar-refractivity contribution is 5.93. The van der Waals surface area contributed by atoms with Crippen molar-refractivity contribution in [2.75, 3.05) is 5.32 Å². The molecule has 3 rings (SSSR count). The molecule has 2 amide bonds. The van der Waals surface area contributed by atoms with Crippen molar-refractivity contribution in [2.45, 2.75) is 31.6 Å². The molecule has 0 saturated heterocycles. The van der Waals surface area contributed by atoms with Crippen molar-refractivity contribution in [1.82, 2.24) is 10.2 Å². The molecule has 0 aliphatic carbocycles. The Bertz CT molecular complexity index is 1300. The number of carboxylic acid groups (broad SMARTS) is 1. The number of alkyl halides is 6. The topological polar surface area (TPSA) is 138 Å². The Balaban J connectivity index is 0.000000638. The lowest BCUT2D eigenvalue weighted by molar-refractivity contribution is -0.192. The summed E-state index contributed by atoms with van der Waals surface area (Å²) in [5.41, 5.74) is 6.05. The van der Waals surface area contributed by atoms with Gasteiger partial charge >= 0.3 is 18.3 Å². The van der Waals surface area contributed by atoms with E-state index in [1.54, 1.807) is 18.2 Å². The second-order valence-electron chi connectivity index (χ2n) is 7.67. The molecule has 0 aliphatic heterocycles. The van der Waals surface area contributed by atoms with Crippen molar-refractivity contribution in [3.63, 3.8) is 0 Å². The SMILES string of the molecule is NC(=O)c1[nH]ncc1CCc1cccc(CC(=O)Nc2cc(C(F)(F)F)ccc2F)c1.O=C(O)C(F)(F)F. The zero-order chi connectivity index (χ0) is 28.7. The standard InChI is InChI=1S/C21H18F4N4O2.C2HF3O2/c22-16-7-6-15(21(23,24)25)10-17(16)28-18(30)9-13-3-1-2-12(8-13)4-5-14-11-27-29-19(14)20(26)31;3-2(4,5)1(6)7/h1-3,6-8,10-11H,4-5,9H2,(H2,26,31)(H,27,29)(H,28,30);(H,6,7). The first-order valence-corrected chi connectivity index (χ1v) is 10.4. The van der Waals surface area contributed by atoms with Crippen molar-refractivity contribution in [3.05, 3.63) is 82.4 Å². The van der Waals surface area contributed by atoms with E-state index < -0.39 is 47.2 Å². The third kappa shape index (κ3) is 8.90. The van der Waals surface area contributed by atoms with Crippen molar-refractivity contribution in [2.24, 2.45) is 5.73 Å². The van der Waals surface area contributed by atoms with Crippen LogP contribution in [0.3, 0.4) is 0 Å². The van der Waals surface area contributed by atoms with E-state index in [0.29, 0.717) is 42.2 Å². The van der Waals surface area contributed by atoms with E-state index in [0.717, 1.165) is 5.56 Å². The number of carbonyl (C=O) groups excluding carboxylic acids is 2. The number of hydrogen-bond acceptors (Lipinski definition) is 4. The quantitative estimate of drug-likeness (QED) is 0.327. The molecular weight excluding hydrogens is 529 g/mol. The monoisotopic (exact) mass is 548 g/mol. The molecule has 0 aliphatic rings. The molecule has 0 unspecified atom stereocenters. The predicted octanol–water partition coefficient (Wildman–Crippen LogP) is 4.27. The van der Waals surface area contributed by atoms with Gasteiger partial charge in [-0.1, -0.05) is 24.3 Å². The number of nitrogens with zero attached hydrogens (tertiary/aromatic N) is 1. The summed E-state index contributed by atoms with van der Waals surface area (Å²) in [7, 11) is 0. The Labute approximate surface area is 209 Å². The fraction of sp³-hybridized carbons (Fsp3) is 0.217. The van der Waals surface area contributed by atoms with Gasteiger partial charge in [-0.3, -0.25) is 14.7 Å². The summed E-state index contributed by atoms with van der Waals surface area (Å²) >= 11 is 0. The lowest BCUT2D eigenvalue weighted by atomic mass is 10.0. The number of amides is 2. The molecule has 15 heteroatoms. The van der Waals surface area contributed by atoms with Gasteiger partial charge in [0.25, 0.3) is 5.91 Å². The van der Waals surface area contributed by atoms with Gasteiger partial charge in [-0.2, -0.15) is 31.4 Å². The molecule has 204 valence electrons. The number of primary amides is 1. The van der Waals surface area contributed by atoms with Crippen LogP contribution >= 0.6 is 0 Å². The van der Waals surface area contributed by atoms with Crippen LogP contribution in [0.1, 0.15) is 32.7 Å². The number of hydrogen-bond donors (Lipinski definition) is 4. The van der Waals surface area contributed by atoms with Gasteiger partial charge < -0.3 is 16.2 Å². The number of H-pyrrole nitrogens is 1. The minimum Gasteiger partial charge on any atom is -0.475 e. The molecule has 8 nitrogen and oxygen atoms in total. The maximum Gasteiger partial charge on any atom is 0.490 e. The molecule has 0 bridgehead atoms. The van der Waals surface area contributed by atoms with E-state index in [4.69, 9.17) is 15.6 Å². The molecule has 0 fully saturated rings. The lowest BCUT2D eigenvalue weighted by Gasteiger charge is -2.11. The van der Waals surface area contributed by atoms with Crippen LogP contribution in [0.25, 0.3) is 0 Å². The number of benzene rings is 2. The maximum atomic E-state index is 13.8. The Morgan fingerprint density at radius 3 is 2.18 bits per heavy atom. The number of nitrogens with one attached hydrogen (secondary N) is 2. The smallest absolute Gasteiger partial charge is 0.475 e. The van der Waals surface area contributed by atoms with E-state index in [9.17, 15) is 40.3 Å². The summed E-state index contributed by atoms with van der Waals surface area (Å²) < 4.78 is 84.0. The van der Waals surface area contributed by atoms with Gasteiger partial charge in [-0.05, 0) is 42.2 Å². The lowest BCUT2D eigenvalue weighted by Crippen LogP contribution is -2.21. The third-order valence-electron chi connectivity index (χ3n) is 4.81. The van der Waals surface area contributed by atoms with Crippen LogP contribution in [0.5, 0.6) is 0 Å². The molecule has 0 radical (unpaired) electrons. The normalized spacial score (nSPS) is 11.3. The first-order valence-electron chi connectivity index (χ1n) is 10.4. The van der Waals surface area contributed by atoms with Gasteiger partial charge in [-0.15, -0.1) is 0 Å². The summed E-state index contributed by atoms with van der Waals surface area (Å²) in [6.45, 7) is 0. The fourth-order valence-electron chi connectivity index (χ4n) is 3.07. The van der Waals surface area contributed by atoms with Crippen LogP contribution in [0.4, 0.5) is 36.4 Å². The van der Waals surface area contributed by atoms with Gasteiger partial charge in [0.05, 0.1) is 23.9 Å². The van der Waals surface area contributed by atoms with E-state index in [-0.39, 0.29) is 12.1 Å². The van der Waals surface area contributed by atoms with Gasteiger partial charge in [-0.25, -0.2) is 9.18 Å². The molecule has 0 spiro atoms. The summed E-state index contributed by atoms with van der Waals surface area (Å²) in [5.74, 6) is -4.98.